The van der Waals surface area contributed by atoms with Crippen LogP contribution in [0.15, 0.2) is 30.3 Å². The van der Waals surface area contributed by atoms with Crippen LogP contribution in [0.1, 0.15) is 44.1 Å². The van der Waals surface area contributed by atoms with Crippen LogP contribution >= 0.6 is 0 Å². The van der Waals surface area contributed by atoms with Crippen molar-refractivity contribution in [1.29, 1.82) is 5.26 Å². The van der Waals surface area contributed by atoms with Crippen LogP contribution in [-0.2, 0) is 16.1 Å². The van der Waals surface area contributed by atoms with Crippen molar-refractivity contribution in [2.75, 3.05) is 39.4 Å². The second-order valence-electron chi connectivity index (χ2n) is 9.66. The summed E-state index contributed by atoms with van der Waals surface area (Å²) in [5, 5.41) is 15.8. The van der Waals surface area contributed by atoms with E-state index in [0.29, 0.717) is 51.7 Å². The number of nitrogens with one attached hydrogen (secondary N) is 2. The van der Waals surface area contributed by atoms with Crippen molar-refractivity contribution in [3.8, 4) is 6.07 Å². The van der Waals surface area contributed by atoms with Gasteiger partial charge in [-0.15, -0.1) is 0 Å². The van der Waals surface area contributed by atoms with E-state index >= 15 is 0 Å². The molecule has 8 heteroatoms. The Bertz CT molecular complexity index is 837. The number of nitrogens with zero attached hydrogens (tertiary/aromatic N) is 3. The predicted octanol–water partition coefficient (Wildman–Crippen LogP) is 2.26. The Balaban J connectivity index is 1.36. The topological polar surface area (TPSA) is 97.7 Å². The van der Waals surface area contributed by atoms with Crippen molar-refractivity contribution < 1.29 is 14.3 Å². The molecule has 2 N–H and O–H groups in total. The third-order valence-corrected chi connectivity index (χ3v) is 7.02. The molecule has 3 amide bonds. The molecule has 33 heavy (non-hydrogen) atoms. The smallest absolute Gasteiger partial charge is 0.318 e. The van der Waals surface area contributed by atoms with E-state index < -0.39 is 11.6 Å². The molecule has 2 aliphatic heterocycles. The highest BCUT2D eigenvalue weighted by Crippen LogP contribution is 2.28. The largest absolute Gasteiger partial charge is 0.378 e. The zero-order valence-corrected chi connectivity index (χ0v) is 19.3. The molecule has 1 aromatic carbocycles. The van der Waals surface area contributed by atoms with Gasteiger partial charge in [0.25, 0.3) is 0 Å². The highest BCUT2D eigenvalue weighted by molar-refractivity contribution is 5.88. The zero-order valence-electron chi connectivity index (χ0n) is 19.3. The van der Waals surface area contributed by atoms with E-state index in [4.69, 9.17) is 4.74 Å². The lowest BCUT2D eigenvalue weighted by Crippen LogP contribution is -2.71. The summed E-state index contributed by atoms with van der Waals surface area (Å²) in [7, 11) is 0. The molecule has 1 aliphatic carbocycles. The second kappa shape index (κ2) is 11.0. The monoisotopic (exact) mass is 453 g/mol. The quantitative estimate of drug-likeness (QED) is 0.660. The van der Waals surface area contributed by atoms with Crippen molar-refractivity contribution >= 4 is 11.9 Å². The first-order chi connectivity index (χ1) is 16.1. The number of hydrogen-bond acceptors (Lipinski definition) is 5. The van der Waals surface area contributed by atoms with Gasteiger partial charge in [0.15, 0.2) is 5.54 Å². The average Bonchev–Trinajstić information content (AvgIpc) is 2.83. The lowest BCUT2D eigenvalue weighted by atomic mass is 9.84. The second-order valence-corrected chi connectivity index (χ2v) is 9.66. The molecule has 1 atom stereocenters. The number of benzene rings is 1. The minimum atomic E-state index is -0.902. The van der Waals surface area contributed by atoms with E-state index in [9.17, 15) is 14.9 Å². The number of rotatable bonds is 7. The number of hydrogen-bond donors (Lipinski definition) is 2. The first-order valence-corrected chi connectivity index (χ1v) is 12.2. The molecule has 1 saturated carbocycles. The van der Waals surface area contributed by atoms with Crippen LogP contribution < -0.4 is 10.6 Å². The third-order valence-electron chi connectivity index (χ3n) is 7.02. The molecular formula is C25H35N5O3. The summed E-state index contributed by atoms with van der Waals surface area (Å²) in [6.45, 7) is 3.80. The van der Waals surface area contributed by atoms with Gasteiger partial charge >= 0.3 is 6.03 Å². The van der Waals surface area contributed by atoms with Crippen LogP contribution in [0, 0.1) is 17.2 Å². The molecule has 0 unspecified atom stereocenters. The van der Waals surface area contributed by atoms with Crippen LogP contribution in [0.25, 0.3) is 0 Å². The lowest BCUT2D eigenvalue weighted by Gasteiger charge is -2.46. The normalized spacial score (nSPS) is 22.0. The summed E-state index contributed by atoms with van der Waals surface area (Å²) < 4.78 is 5.34. The summed E-state index contributed by atoms with van der Waals surface area (Å²) in [6, 6.07) is 11.6. The number of amides is 3. The maximum Gasteiger partial charge on any atom is 0.318 e. The van der Waals surface area contributed by atoms with Crippen LogP contribution in [0.2, 0.25) is 0 Å². The summed E-state index contributed by atoms with van der Waals surface area (Å²) in [5.41, 5.74) is 0.281. The SMILES string of the molecule is N#CC1(NC(=O)[C@H](CC2CCCCC2)NC(=O)N2CCOCC2)CN(Cc2ccccc2)C1. The lowest BCUT2D eigenvalue weighted by molar-refractivity contribution is -0.126. The molecule has 0 radical (unpaired) electrons. The molecule has 0 bridgehead atoms. The van der Waals surface area contributed by atoms with Gasteiger partial charge in [0.05, 0.1) is 19.3 Å². The third kappa shape index (κ3) is 6.24. The molecule has 2 saturated heterocycles. The maximum absolute atomic E-state index is 13.3. The van der Waals surface area contributed by atoms with Gasteiger partial charge in [0.1, 0.15) is 6.04 Å². The molecule has 0 spiro atoms. The highest BCUT2D eigenvalue weighted by Gasteiger charge is 2.45. The fourth-order valence-corrected chi connectivity index (χ4v) is 5.17. The highest BCUT2D eigenvalue weighted by atomic mass is 16.5. The van der Waals surface area contributed by atoms with E-state index in [0.717, 1.165) is 19.4 Å². The molecule has 178 valence electrons. The molecular weight excluding hydrogens is 418 g/mol. The fourth-order valence-electron chi connectivity index (χ4n) is 5.17. The van der Waals surface area contributed by atoms with Crippen molar-refractivity contribution in [3.05, 3.63) is 35.9 Å². The average molecular weight is 454 g/mol. The van der Waals surface area contributed by atoms with Crippen LogP contribution in [0.3, 0.4) is 0 Å². The minimum Gasteiger partial charge on any atom is -0.378 e. The van der Waals surface area contributed by atoms with Gasteiger partial charge in [-0.25, -0.2) is 4.79 Å². The summed E-state index contributed by atoms with van der Waals surface area (Å²) in [4.78, 5) is 30.0. The van der Waals surface area contributed by atoms with Gasteiger partial charge in [-0.3, -0.25) is 9.69 Å². The van der Waals surface area contributed by atoms with E-state index in [1.807, 2.05) is 18.2 Å². The van der Waals surface area contributed by atoms with Crippen molar-refractivity contribution in [1.82, 2.24) is 20.4 Å². The fraction of sp³-hybridized carbons (Fsp3) is 0.640. The van der Waals surface area contributed by atoms with Gasteiger partial charge in [0.2, 0.25) is 5.91 Å². The van der Waals surface area contributed by atoms with E-state index in [1.54, 1.807) is 4.90 Å². The number of morpholine rings is 1. The van der Waals surface area contributed by atoms with E-state index in [1.165, 1.54) is 24.8 Å². The first-order valence-electron chi connectivity index (χ1n) is 12.2. The molecule has 3 aliphatic rings. The summed E-state index contributed by atoms with van der Waals surface area (Å²) in [5.74, 6) is 0.177. The molecule has 0 aromatic heterocycles. The van der Waals surface area contributed by atoms with Gasteiger partial charge in [0, 0.05) is 32.7 Å². The van der Waals surface area contributed by atoms with Gasteiger partial charge in [-0.1, -0.05) is 62.4 Å². The Labute approximate surface area is 196 Å². The van der Waals surface area contributed by atoms with E-state index in [2.05, 4.69) is 33.7 Å². The number of nitriles is 1. The van der Waals surface area contributed by atoms with Crippen LogP contribution in [0.5, 0.6) is 0 Å². The van der Waals surface area contributed by atoms with Crippen molar-refractivity contribution in [2.45, 2.75) is 56.7 Å². The Morgan fingerprint density at radius 2 is 1.82 bits per heavy atom. The molecule has 4 rings (SSSR count). The van der Waals surface area contributed by atoms with Crippen molar-refractivity contribution in [2.24, 2.45) is 5.92 Å². The number of ether oxygens (including phenoxy) is 1. The van der Waals surface area contributed by atoms with E-state index in [-0.39, 0.29) is 11.9 Å². The van der Waals surface area contributed by atoms with Crippen LogP contribution in [-0.4, -0.2) is 72.7 Å². The number of urea groups is 1. The van der Waals surface area contributed by atoms with Crippen LogP contribution in [0.4, 0.5) is 4.79 Å². The Morgan fingerprint density at radius 3 is 2.48 bits per heavy atom. The molecule has 8 nitrogen and oxygen atoms in total. The minimum absolute atomic E-state index is 0.223. The van der Waals surface area contributed by atoms with Crippen molar-refractivity contribution in [3.63, 3.8) is 0 Å². The number of carbonyl (C=O) groups excluding carboxylic acids is 2. The molecule has 2 heterocycles. The molecule has 3 fully saturated rings. The number of carbonyl (C=O) groups is 2. The Hall–Kier alpha value is -2.63. The Morgan fingerprint density at radius 1 is 1.12 bits per heavy atom. The number of likely N-dealkylation sites (tertiary alicyclic amines) is 1. The first kappa shape index (κ1) is 23.5. The predicted molar refractivity (Wildman–Crippen MR) is 124 cm³/mol. The van der Waals surface area contributed by atoms with Gasteiger partial charge in [-0.05, 0) is 17.9 Å². The Kier molecular flexibility index (Phi) is 7.84. The zero-order chi connectivity index (χ0) is 23.1. The summed E-state index contributed by atoms with van der Waals surface area (Å²) in [6.07, 6.45) is 6.39. The standard InChI is InChI=1S/C25H35N5O3/c26-17-25(18-29(19-25)16-21-9-5-2-6-10-21)28-23(31)22(15-20-7-3-1-4-8-20)27-24(32)30-11-13-33-14-12-30/h2,5-6,9-10,20,22H,1,3-4,7-8,11-16,18-19H2,(H,27,32)(H,28,31)/t22-/m0/s1. The maximum atomic E-state index is 13.3. The van der Waals surface area contributed by atoms with Gasteiger partial charge < -0.3 is 20.3 Å². The van der Waals surface area contributed by atoms with Gasteiger partial charge in [-0.2, -0.15) is 5.26 Å². The summed E-state index contributed by atoms with van der Waals surface area (Å²) >= 11 is 0. The molecule has 1 aromatic rings.